The van der Waals surface area contributed by atoms with E-state index < -0.39 is 10.0 Å². The molecule has 4 aliphatic carbocycles. The van der Waals surface area contributed by atoms with Crippen molar-refractivity contribution in [1.82, 2.24) is 0 Å². The third kappa shape index (κ3) is 4.84. The Hall–Kier alpha value is -1.48. The van der Waals surface area contributed by atoms with Gasteiger partial charge < -0.3 is 15.5 Å². The van der Waals surface area contributed by atoms with Crippen molar-refractivity contribution >= 4 is 21.6 Å². The summed E-state index contributed by atoms with van der Waals surface area (Å²) in [6.45, 7) is 7.00. The standard InChI is InChI=1S/C30H46N2O5S/c1-18(7-12-28(35)32-20-5-4-6-22(16-20)38(31,36)37)24-10-11-25-23-9-8-19-15-21(33)13-14-29(19,2)26(23)17-27(34)30(24,25)3/h4-6,16,18-19,21,23-27,33-34H,7-15,17H2,1-3H3,(H,32,35)(H2,31,36,37)/t18-,19-,21-,23+,24-,25+,26+,27+,29+,30-/m1/s1. The lowest BCUT2D eigenvalue weighted by molar-refractivity contribution is -0.174. The first kappa shape index (κ1) is 28.1. The molecule has 0 unspecified atom stereocenters. The number of aliphatic hydroxyl groups excluding tert-OH is 2. The number of hydrogen-bond donors (Lipinski definition) is 4. The highest BCUT2D eigenvalue weighted by Crippen LogP contribution is 2.68. The van der Waals surface area contributed by atoms with Crippen molar-refractivity contribution in [3.8, 4) is 0 Å². The van der Waals surface area contributed by atoms with Crippen LogP contribution in [0.15, 0.2) is 29.2 Å². The predicted octanol–water partition coefficient (Wildman–Crippen LogP) is 4.68. The summed E-state index contributed by atoms with van der Waals surface area (Å²) < 4.78 is 23.3. The zero-order valence-electron chi connectivity index (χ0n) is 23.1. The average Bonchev–Trinajstić information content (AvgIpc) is 3.22. The van der Waals surface area contributed by atoms with Crippen LogP contribution < -0.4 is 10.5 Å². The van der Waals surface area contributed by atoms with Crippen molar-refractivity contribution in [2.24, 2.45) is 51.5 Å². The number of aliphatic hydroxyl groups is 2. The molecule has 0 saturated heterocycles. The molecule has 4 saturated carbocycles. The first-order chi connectivity index (χ1) is 17.8. The molecule has 0 heterocycles. The Morgan fingerprint density at radius 3 is 2.61 bits per heavy atom. The van der Waals surface area contributed by atoms with Gasteiger partial charge in [-0.05, 0) is 122 Å². The van der Waals surface area contributed by atoms with Gasteiger partial charge in [0.2, 0.25) is 15.9 Å². The number of primary sulfonamides is 1. The molecule has 10 atom stereocenters. The van der Waals surface area contributed by atoms with Gasteiger partial charge in [0, 0.05) is 12.1 Å². The molecular weight excluding hydrogens is 500 g/mol. The number of sulfonamides is 1. The molecule has 0 bridgehead atoms. The molecule has 5 N–H and O–H groups in total. The number of carbonyl (C=O) groups excluding carboxylic acids is 1. The minimum absolute atomic E-state index is 0.0227. The summed E-state index contributed by atoms with van der Waals surface area (Å²) >= 11 is 0. The van der Waals surface area contributed by atoms with Gasteiger partial charge in [-0.2, -0.15) is 0 Å². The van der Waals surface area contributed by atoms with Crippen LogP contribution in [-0.4, -0.2) is 36.7 Å². The van der Waals surface area contributed by atoms with E-state index in [1.165, 1.54) is 25.0 Å². The first-order valence-electron chi connectivity index (χ1n) is 14.6. The van der Waals surface area contributed by atoms with E-state index in [4.69, 9.17) is 5.14 Å². The zero-order valence-corrected chi connectivity index (χ0v) is 23.9. The van der Waals surface area contributed by atoms with Crippen LogP contribution in [0.5, 0.6) is 0 Å². The lowest BCUT2D eigenvalue weighted by Crippen LogP contribution is -2.58. The van der Waals surface area contributed by atoms with Crippen LogP contribution in [0.1, 0.15) is 85.0 Å². The second-order valence-electron chi connectivity index (χ2n) is 13.5. The molecule has 5 rings (SSSR count). The van der Waals surface area contributed by atoms with E-state index in [0.717, 1.165) is 44.9 Å². The molecule has 212 valence electrons. The Kier molecular flexibility index (Phi) is 7.51. The van der Waals surface area contributed by atoms with Gasteiger partial charge in [-0.15, -0.1) is 0 Å². The summed E-state index contributed by atoms with van der Waals surface area (Å²) in [5, 5.41) is 30.1. The monoisotopic (exact) mass is 546 g/mol. The van der Waals surface area contributed by atoms with Crippen LogP contribution in [-0.2, 0) is 14.8 Å². The summed E-state index contributed by atoms with van der Waals surface area (Å²) in [6.07, 6.45) is 9.00. The normalized spacial score (nSPS) is 41.5. The number of nitrogens with two attached hydrogens (primary N) is 1. The highest BCUT2D eigenvalue weighted by Gasteiger charge is 2.63. The Bertz CT molecular complexity index is 1160. The summed E-state index contributed by atoms with van der Waals surface area (Å²) in [5.41, 5.74) is 0.528. The largest absolute Gasteiger partial charge is 0.393 e. The molecule has 38 heavy (non-hydrogen) atoms. The van der Waals surface area contributed by atoms with Crippen LogP contribution in [0.2, 0.25) is 0 Å². The van der Waals surface area contributed by atoms with Crippen molar-refractivity contribution in [1.29, 1.82) is 0 Å². The summed E-state index contributed by atoms with van der Waals surface area (Å²) in [7, 11) is -3.83. The van der Waals surface area contributed by atoms with Crippen molar-refractivity contribution in [2.75, 3.05) is 5.32 Å². The van der Waals surface area contributed by atoms with E-state index in [0.29, 0.717) is 47.6 Å². The summed E-state index contributed by atoms with van der Waals surface area (Å²) in [4.78, 5) is 12.7. The molecule has 0 aliphatic heterocycles. The fourth-order valence-electron chi connectivity index (χ4n) is 9.69. The molecule has 1 aromatic carbocycles. The van der Waals surface area contributed by atoms with Gasteiger partial charge in [0.15, 0.2) is 0 Å². The summed E-state index contributed by atoms with van der Waals surface area (Å²) in [5.74, 6) is 2.81. The van der Waals surface area contributed by atoms with E-state index >= 15 is 0 Å². The quantitative estimate of drug-likeness (QED) is 0.412. The Morgan fingerprint density at radius 1 is 1.11 bits per heavy atom. The molecule has 0 radical (unpaired) electrons. The van der Waals surface area contributed by atoms with E-state index in [9.17, 15) is 23.4 Å². The highest BCUT2D eigenvalue weighted by molar-refractivity contribution is 7.89. The molecule has 4 fully saturated rings. The minimum Gasteiger partial charge on any atom is -0.393 e. The van der Waals surface area contributed by atoms with E-state index in [1.54, 1.807) is 12.1 Å². The van der Waals surface area contributed by atoms with Gasteiger partial charge in [-0.3, -0.25) is 4.79 Å². The van der Waals surface area contributed by atoms with Gasteiger partial charge >= 0.3 is 0 Å². The summed E-state index contributed by atoms with van der Waals surface area (Å²) in [6, 6.07) is 6.03. The minimum atomic E-state index is -3.83. The smallest absolute Gasteiger partial charge is 0.238 e. The maximum atomic E-state index is 12.7. The van der Waals surface area contributed by atoms with Crippen LogP contribution in [0.4, 0.5) is 5.69 Å². The van der Waals surface area contributed by atoms with Gasteiger partial charge in [0.25, 0.3) is 0 Å². The number of benzene rings is 1. The molecule has 0 aromatic heterocycles. The molecule has 1 amide bonds. The van der Waals surface area contributed by atoms with Crippen LogP contribution in [0.25, 0.3) is 0 Å². The average molecular weight is 547 g/mol. The van der Waals surface area contributed by atoms with Crippen molar-refractivity contribution < 1.29 is 23.4 Å². The number of fused-ring (bicyclic) bond motifs is 5. The number of nitrogens with one attached hydrogen (secondary N) is 1. The van der Waals surface area contributed by atoms with Crippen molar-refractivity contribution in [3.63, 3.8) is 0 Å². The van der Waals surface area contributed by atoms with Crippen molar-refractivity contribution in [2.45, 2.75) is 102 Å². The Balaban J connectivity index is 1.23. The molecule has 1 aromatic rings. The Labute approximate surface area is 228 Å². The molecule has 8 heteroatoms. The van der Waals surface area contributed by atoms with Gasteiger partial charge in [-0.1, -0.05) is 26.8 Å². The predicted molar refractivity (Wildman–Crippen MR) is 147 cm³/mol. The number of carbonyl (C=O) groups is 1. The maximum absolute atomic E-state index is 12.7. The second-order valence-corrected chi connectivity index (χ2v) is 15.1. The lowest BCUT2D eigenvalue weighted by atomic mass is 9.43. The topological polar surface area (TPSA) is 130 Å². The van der Waals surface area contributed by atoms with Gasteiger partial charge in [0.1, 0.15) is 0 Å². The van der Waals surface area contributed by atoms with Crippen LogP contribution in [0, 0.1) is 46.3 Å². The molecular formula is C30H46N2O5S. The molecule has 4 aliphatic rings. The fraction of sp³-hybridized carbons (Fsp3) is 0.767. The number of amides is 1. The highest BCUT2D eigenvalue weighted by atomic mass is 32.2. The number of anilines is 1. The number of rotatable bonds is 6. The Morgan fingerprint density at radius 2 is 1.87 bits per heavy atom. The van der Waals surface area contributed by atoms with Crippen LogP contribution >= 0.6 is 0 Å². The molecule has 0 spiro atoms. The molecule has 7 nitrogen and oxygen atoms in total. The second kappa shape index (κ2) is 10.2. The maximum Gasteiger partial charge on any atom is 0.238 e. The van der Waals surface area contributed by atoms with Crippen LogP contribution in [0.3, 0.4) is 0 Å². The van der Waals surface area contributed by atoms with E-state index in [1.807, 2.05) is 0 Å². The third-order valence-corrected chi connectivity index (χ3v) is 12.7. The van der Waals surface area contributed by atoms with Gasteiger partial charge in [0.05, 0.1) is 17.1 Å². The first-order valence-corrected chi connectivity index (χ1v) is 16.2. The van der Waals surface area contributed by atoms with Gasteiger partial charge in [-0.25, -0.2) is 13.6 Å². The lowest BCUT2D eigenvalue weighted by Gasteiger charge is -2.62. The van der Waals surface area contributed by atoms with E-state index in [-0.39, 0.29) is 33.8 Å². The zero-order chi connectivity index (χ0) is 27.5. The van der Waals surface area contributed by atoms with E-state index in [2.05, 4.69) is 26.1 Å². The SMILES string of the molecule is C[C@H](CCC(=O)Nc1cccc(S(N)(=O)=O)c1)[C@H]1CC[C@H]2[C@@H]3CC[C@@H]4C[C@H](O)CC[C@]4(C)[C@H]3C[C@H](O)[C@]12C. The van der Waals surface area contributed by atoms with Crippen molar-refractivity contribution in [3.05, 3.63) is 24.3 Å². The fourth-order valence-corrected chi connectivity index (χ4v) is 10.3. The third-order valence-electron chi connectivity index (χ3n) is 11.8. The number of hydrogen-bond acceptors (Lipinski definition) is 5.